The summed E-state index contributed by atoms with van der Waals surface area (Å²) < 4.78 is 0. The Hall–Kier alpha value is -1.65. The van der Waals surface area contributed by atoms with E-state index in [-0.39, 0.29) is 11.9 Å². The molecular formula is C20H26N2OS. The van der Waals surface area contributed by atoms with Crippen LogP contribution in [0.2, 0.25) is 0 Å². The number of nitrogens with one attached hydrogen (secondary N) is 2. The Morgan fingerprint density at radius 1 is 1.17 bits per heavy atom. The molecule has 1 heterocycles. The van der Waals surface area contributed by atoms with Gasteiger partial charge in [-0.25, -0.2) is 0 Å². The van der Waals surface area contributed by atoms with Gasteiger partial charge in [-0.1, -0.05) is 55.2 Å². The van der Waals surface area contributed by atoms with Gasteiger partial charge in [0.05, 0.1) is 12.6 Å². The number of hydrogen-bond acceptors (Lipinski definition) is 3. The van der Waals surface area contributed by atoms with Gasteiger partial charge < -0.3 is 5.32 Å². The summed E-state index contributed by atoms with van der Waals surface area (Å²) in [6.45, 7) is 2.45. The molecule has 3 rings (SSSR count). The molecule has 24 heavy (non-hydrogen) atoms. The minimum Gasteiger partial charge on any atom is -0.352 e. The number of carbonyl (C=O) groups excluding carboxylic acids is 1. The lowest BCUT2D eigenvalue weighted by Crippen LogP contribution is -2.42. The number of hydrogen-bond donors (Lipinski definition) is 2. The summed E-state index contributed by atoms with van der Waals surface area (Å²) in [6.07, 6.45) is 6.02. The second-order valence-electron chi connectivity index (χ2n) is 6.64. The highest BCUT2D eigenvalue weighted by Crippen LogP contribution is 2.26. The summed E-state index contributed by atoms with van der Waals surface area (Å²) in [4.78, 5) is 13.5. The van der Waals surface area contributed by atoms with Gasteiger partial charge in [0, 0.05) is 10.9 Å². The Kier molecular flexibility index (Phi) is 6.05. The molecule has 0 radical (unpaired) electrons. The van der Waals surface area contributed by atoms with Crippen LogP contribution in [0.5, 0.6) is 0 Å². The summed E-state index contributed by atoms with van der Waals surface area (Å²) in [5, 5.41) is 8.71. The van der Waals surface area contributed by atoms with Gasteiger partial charge in [0.15, 0.2) is 0 Å². The van der Waals surface area contributed by atoms with Crippen molar-refractivity contribution in [2.45, 2.75) is 51.1 Å². The second kappa shape index (κ2) is 8.45. The number of carbonyl (C=O) groups is 1. The van der Waals surface area contributed by atoms with Gasteiger partial charge in [0.25, 0.3) is 0 Å². The zero-order valence-corrected chi connectivity index (χ0v) is 15.1. The quantitative estimate of drug-likeness (QED) is 0.827. The Labute approximate surface area is 148 Å². The first-order valence-corrected chi connectivity index (χ1v) is 9.73. The first-order chi connectivity index (χ1) is 11.7. The minimum atomic E-state index is 0.0719. The molecule has 1 aliphatic rings. The molecule has 0 saturated heterocycles. The molecule has 0 bridgehead atoms. The molecule has 1 amide bonds. The number of aryl methyl sites for hydroxylation is 1. The van der Waals surface area contributed by atoms with Crippen molar-refractivity contribution in [3.8, 4) is 0 Å². The lowest BCUT2D eigenvalue weighted by Gasteiger charge is -2.24. The largest absolute Gasteiger partial charge is 0.352 e. The smallest absolute Gasteiger partial charge is 0.234 e. The number of amides is 1. The maximum absolute atomic E-state index is 12.3. The monoisotopic (exact) mass is 342 g/mol. The number of thiophene rings is 1. The lowest BCUT2D eigenvalue weighted by molar-refractivity contribution is -0.121. The number of benzene rings is 1. The molecule has 128 valence electrons. The summed E-state index contributed by atoms with van der Waals surface area (Å²) in [7, 11) is 0. The minimum absolute atomic E-state index is 0.0719. The summed E-state index contributed by atoms with van der Waals surface area (Å²) in [5.41, 5.74) is 2.45. The zero-order valence-electron chi connectivity index (χ0n) is 14.3. The van der Waals surface area contributed by atoms with Gasteiger partial charge in [-0.05, 0) is 36.8 Å². The fourth-order valence-corrected chi connectivity index (χ4v) is 4.14. The molecule has 0 unspecified atom stereocenters. The fraction of sp³-hybridized carbons (Fsp3) is 0.450. The van der Waals surface area contributed by atoms with Crippen molar-refractivity contribution >= 4 is 17.2 Å². The van der Waals surface area contributed by atoms with E-state index in [0.29, 0.717) is 12.6 Å². The predicted molar refractivity (Wildman–Crippen MR) is 100 cm³/mol. The molecule has 1 aromatic heterocycles. The van der Waals surface area contributed by atoms with E-state index in [0.717, 1.165) is 12.8 Å². The Balaban J connectivity index is 1.62. The molecule has 2 aromatic rings. The molecule has 4 heteroatoms. The van der Waals surface area contributed by atoms with Crippen molar-refractivity contribution in [1.29, 1.82) is 0 Å². The fourth-order valence-electron chi connectivity index (χ4n) is 3.32. The molecule has 0 aliphatic heterocycles. The Morgan fingerprint density at radius 2 is 1.92 bits per heavy atom. The summed E-state index contributed by atoms with van der Waals surface area (Å²) in [6, 6.07) is 13.2. The van der Waals surface area contributed by atoms with Crippen LogP contribution >= 0.6 is 11.3 Å². The van der Waals surface area contributed by atoms with Crippen LogP contribution in [0.3, 0.4) is 0 Å². The predicted octanol–water partition coefficient (Wildman–Crippen LogP) is 4.18. The van der Waals surface area contributed by atoms with Gasteiger partial charge in [0.2, 0.25) is 5.91 Å². The highest BCUT2D eigenvalue weighted by molar-refractivity contribution is 7.10. The first-order valence-electron chi connectivity index (χ1n) is 8.85. The number of rotatable bonds is 6. The van der Waals surface area contributed by atoms with Crippen molar-refractivity contribution in [1.82, 2.24) is 10.6 Å². The third-order valence-corrected chi connectivity index (χ3v) is 5.61. The Bertz CT molecular complexity index is 630. The van der Waals surface area contributed by atoms with Crippen LogP contribution in [0.1, 0.15) is 54.1 Å². The van der Waals surface area contributed by atoms with E-state index in [1.165, 1.54) is 35.3 Å². The lowest BCUT2D eigenvalue weighted by atomic mass is 9.95. The van der Waals surface area contributed by atoms with E-state index >= 15 is 0 Å². The molecule has 1 saturated carbocycles. The topological polar surface area (TPSA) is 41.1 Å². The van der Waals surface area contributed by atoms with Crippen molar-refractivity contribution in [3.63, 3.8) is 0 Å². The van der Waals surface area contributed by atoms with E-state index in [2.05, 4.69) is 59.3 Å². The van der Waals surface area contributed by atoms with Crippen molar-refractivity contribution in [3.05, 3.63) is 57.8 Å². The molecule has 1 fully saturated rings. The van der Waals surface area contributed by atoms with Crippen LogP contribution in [0.15, 0.2) is 41.8 Å². The van der Waals surface area contributed by atoms with E-state index in [9.17, 15) is 4.79 Å². The SMILES string of the molecule is Cc1ccc([C@H](NCC(=O)NC2CCCCC2)c2cccs2)cc1. The third-order valence-electron chi connectivity index (χ3n) is 4.68. The molecule has 1 aromatic carbocycles. The van der Waals surface area contributed by atoms with E-state index in [1.54, 1.807) is 11.3 Å². The van der Waals surface area contributed by atoms with Gasteiger partial charge in [-0.2, -0.15) is 0 Å². The van der Waals surface area contributed by atoms with Crippen LogP contribution in [-0.4, -0.2) is 18.5 Å². The van der Waals surface area contributed by atoms with Crippen LogP contribution < -0.4 is 10.6 Å². The van der Waals surface area contributed by atoms with Gasteiger partial charge in [-0.3, -0.25) is 10.1 Å². The first kappa shape index (κ1) is 17.2. The molecule has 0 spiro atoms. The van der Waals surface area contributed by atoms with Crippen molar-refractivity contribution in [2.24, 2.45) is 0 Å². The Morgan fingerprint density at radius 3 is 2.58 bits per heavy atom. The standard InChI is InChI=1S/C20H26N2OS/c1-15-9-11-16(12-10-15)20(18-8-5-13-24-18)21-14-19(23)22-17-6-3-2-4-7-17/h5,8-13,17,20-21H,2-4,6-7,14H2,1H3,(H,22,23)/t20-/m0/s1. The maximum atomic E-state index is 12.3. The third kappa shape index (κ3) is 4.68. The van der Waals surface area contributed by atoms with E-state index < -0.39 is 0 Å². The molecule has 2 N–H and O–H groups in total. The average molecular weight is 343 g/mol. The summed E-state index contributed by atoms with van der Waals surface area (Å²) >= 11 is 1.72. The molecule has 1 atom stereocenters. The van der Waals surface area contributed by atoms with E-state index in [4.69, 9.17) is 0 Å². The van der Waals surface area contributed by atoms with Crippen LogP contribution in [-0.2, 0) is 4.79 Å². The highest BCUT2D eigenvalue weighted by Gasteiger charge is 2.18. The second-order valence-corrected chi connectivity index (χ2v) is 7.62. The highest BCUT2D eigenvalue weighted by atomic mass is 32.1. The van der Waals surface area contributed by atoms with Crippen LogP contribution in [0.25, 0.3) is 0 Å². The van der Waals surface area contributed by atoms with Gasteiger partial charge in [-0.15, -0.1) is 11.3 Å². The van der Waals surface area contributed by atoms with Crippen molar-refractivity contribution < 1.29 is 4.79 Å². The van der Waals surface area contributed by atoms with Crippen molar-refractivity contribution in [2.75, 3.05) is 6.54 Å². The van der Waals surface area contributed by atoms with E-state index in [1.807, 2.05) is 0 Å². The average Bonchev–Trinajstić information content (AvgIpc) is 3.12. The van der Waals surface area contributed by atoms with Gasteiger partial charge in [0.1, 0.15) is 0 Å². The molecular weight excluding hydrogens is 316 g/mol. The zero-order chi connectivity index (χ0) is 16.8. The summed E-state index contributed by atoms with van der Waals surface area (Å²) in [5.74, 6) is 0.107. The van der Waals surface area contributed by atoms with Gasteiger partial charge >= 0.3 is 0 Å². The normalized spacial score (nSPS) is 16.7. The van der Waals surface area contributed by atoms with Crippen LogP contribution in [0, 0.1) is 6.92 Å². The maximum Gasteiger partial charge on any atom is 0.234 e. The molecule has 1 aliphatic carbocycles. The molecule has 3 nitrogen and oxygen atoms in total. The van der Waals surface area contributed by atoms with Crippen LogP contribution in [0.4, 0.5) is 0 Å².